The molecule has 0 rings (SSSR count). The maximum atomic E-state index is 6.11. The first kappa shape index (κ1) is 17.4. The molecular formula is C8H21Cl3O2Si3. The first-order valence-corrected chi connectivity index (χ1v) is 15.5. The summed E-state index contributed by atoms with van der Waals surface area (Å²) in [5.41, 5.74) is 0.411. The van der Waals surface area contributed by atoms with Gasteiger partial charge in [-0.1, -0.05) is 0 Å². The van der Waals surface area contributed by atoms with E-state index in [-0.39, 0.29) is 0 Å². The molecule has 16 heavy (non-hydrogen) atoms. The third kappa shape index (κ3) is 6.39. The van der Waals surface area contributed by atoms with Crippen molar-refractivity contribution in [3.05, 3.63) is 0 Å². The van der Waals surface area contributed by atoms with E-state index in [0.717, 1.165) is 0 Å². The van der Waals surface area contributed by atoms with Crippen LogP contribution in [-0.4, -0.2) is 35.2 Å². The summed E-state index contributed by atoms with van der Waals surface area (Å²) in [5.74, 6) is 0. The lowest BCUT2D eigenvalue weighted by Crippen LogP contribution is -2.57. The Morgan fingerprint density at radius 1 is 0.938 bits per heavy atom. The molecule has 0 aliphatic carbocycles. The van der Waals surface area contributed by atoms with Gasteiger partial charge >= 0.3 is 8.56 Å². The fourth-order valence-electron chi connectivity index (χ4n) is 1.32. The van der Waals surface area contributed by atoms with Gasteiger partial charge in [0.05, 0.1) is 5.50 Å². The number of halogens is 3. The molecule has 0 fully saturated rings. The van der Waals surface area contributed by atoms with E-state index in [1.165, 1.54) is 0 Å². The quantitative estimate of drug-likeness (QED) is 0.532. The number of rotatable bonds is 6. The molecular weight excluding hydrogens is 319 g/mol. The van der Waals surface area contributed by atoms with Crippen molar-refractivity contribution in [3.8, 4) is 0 Å². The van der Waals surface area contributed by atoms with Gasteiger partial charge < -0.3 is 8.23 Å². The predicted molar refractivity (Wildman–Crippen MR) is 80.8 cm³/mol. The molecule has 8 heteroatoms. The Hall–Kier alpha value is 1.44. The zero-order chi connectivity index (χ0) is 13.2. The van der Waals surface area contributed by atoms with Gasteiger partial charge in [0.2, 0.25) is 8.32 Å². The van der Waals surface area contributed by atoms with Crippen molar-refractivity contribution >= 4 is 60.0 Å². The molecule has 0 aliphatic rings. The molecule has 1 atom stereocenters. The molecule has 0 aliphatic heterocycles. The monoisotopic (exact) mass is 338 g/mol. The van der Waals surface area contributed by atoms with E-state index in [4.69, 9.17) is 43.0 Å². The van der Waals surface area contributed by atoms with Gasteiger partial charge in [0, 0.05) is 0 Å². The second kappa shape index (κ2) is 6.06. The number of hydrogen-bond donors (Lipinski definition) is 0. The third-order valence-electron chi connectivity index (χ3n) is 1.77. The number of alkyl halides is 3. The molecule has 0 amide bonds. The summed E-state index contributed by atoms with van der Waals surface area (Å²) in [6.45, 7) is 12.3. The molecule has 0 spiro atoms. The summed E-state index contributed by atoms with van der Waals surface area (Å²) in [7, 11) is -6.13. The van der Waals surface area contributed by atoms with Crippen molar-refractivity contribution in [1.29, 1.82) is 0 Å². The van der Waals surface area contributed by atoms with Gasteiger partial charge in [-0.25, -0.2) is 0 Å². The van der Waals surface area contributed by atoms with Gasteiger partial charge in [-0.15, -0.1) is 34.8 Å². The standard InChI is InChI=1S/C8H21Cl3O2Si3/c1-14(2,3)12-16(6,7-9)13-15(4,5)8(10)11/h8H,7H2,1-6H3. The van der Waals surface area contributed by atoms with E-state index in [1.54, 1.807) is 0 Å². The highest BCUT2D eigenvalue weighted by atomic mass is 35.5. The fourth-order valence-corrected chi connectivity index (χ4v) is 14.1. The Morgan fingerprint density at radius 2 is 1.38 bits per heavy atom. The molecule has 0 aromatic heterocycles. The van der Waals surface area contributed by atoms with Crippen LogP contribution in [0, 0.1) is 0 Å². The molecule has 0 saturated carbocycles. The van der Waals surface area contributed by atoms with Gasteiger partial charge in [0.1, 0.15) is 4.46 Å². The van der Waals surface area contributed by atoms with Gasteiger partial charge in [-0.3, -0.25) is 0 Å². The molecule has 0 saturated heterocycles. The Balaban J connectivity index is 4.73. The van der Waals surface area contributed by atoms with E-state index in [0.29, 0.717) is 5.50 Å². The van der Waals surface area contributed by atoms with Gasteiger partial charge in [-0.05, 0) is 39.3 Å². The normalized spacial score (nSPS) is 17.6. The Kier molecular flexibility index (Phi) is 6.60. The maximum absolute atomic E-state index is 6.11. The minimum absolute atomic E-state index is 0.411. The summed E-state index contributed by atoms with van der Waals surface area (Å²) < 4.78 is 11.7. The molecule has 0 bridgehead atoms. The van der Waals surface area contributed by atoms with Crippen molar-refractivity contribution < 1.29 is 8.23 Å². The smallest absolute Gasteiger partial charge is 0.329 e. The molecule has 0 aromatic rings. The van der Waals surface area contributed by atoms with E-state index in [1.807, 2.05) is 19.6 Å². The topological polar surface area (TPSA) is 18.5 Å². The molecule has 1 unspecified atom stereocenters. The zero-order valence-corrected chi connectivity index (χ0v) is 16.0. The van der Waals surface area contributed by atoms with Crippen LogP contribution in [0.2, 0.25) is 39.3 Å². The van der Waals surface area contributed by atoms with Crippen LogP contribution in [-0.2, 0) is 8.23 Å². The summed E-state index contributed by atoms with van der Waals surface area (Å²) in [6.07, 6.45) is 0. The average molecular weight is 340 g/mol. The SMILES string of the molecule is C[Si](C)(C)O[Si](C)(CCl)O[Si](C)(C)C(Cl)Cl. The van der Waals surface area contributed by atoms with Crippen molar-refractivity contribution in [2.24, 2.45) is 0 Å². The lowest BCUT2D eigenvalue weighted by Gasteiger charge is -2.38. The molecule has 0 N–H and O–H groups in total. The second-order valence-electron chi connectivity index (χ2n) is 5.49. The molecule has 0 heterocycles. The van der Waals surface area contributed by atoms with Crippen LogP contribution in [0.4, 0.5) is 0 Å². The predicted octanol–water partition coefficient (Wildman–Crippen LogP) is 4.25. The highest BCUT2D eigenvalue weighted by molar-refractivity contribution is 6.95. The summed E-state index contributed by atoms with van der Waals surface area (Å²) in [5, 5.41) is 0. The lowest BCUT2D eigenvalue weighted by molar-refractivity contribution is 0.391. The average Bonchev–Trinajstić information content (AvgIpc) is 1.99. The van der Waals surface area contributed by atoms with E-state index < -0.39 is 29.7 Å². The Bertz CT molecular complexity index is 233. The lowest BCUT2D eigenvalue weighted by atomic mass is 11.8. The summed E-state index contributed by atoms with van der Waals surface area (Å²) >= 11 is 17.9. The first-order valence-electron chi connectivity index (χ1n) is 5.16. The number of hydrogen-bond acceptors (Lipinski definition) is 2. The van der Waals surface area contributed by atoms with Crippen LogP contribution in [0.5, 0.6) is 0 Å². The van der Waals surface area contributed by atoms with Crippen LogP contribution >= 0.6 is 34.8 Å². The molecule has 0 radical (unpaired) electrons. The van der Waals surface area contributed by atoms with Crippen molar-refractivity contribution in [1.82, 2.24) is 0 Å². The summed E-state index contributed by atoms with van der Waals surface area (Å²) in [4.78, 5) is 0. The fraction of sp³-hybridized carbons (Fsp3) is 1.00. The van der Waals surface area contributed by atoms with Crippen molar-refractivity contribution in [2.45, 2.75) is 43.7 Å². The van der Waals surface area contributed by atoms with Crippen molar-refractivity contribution in [3.63, 3.8) is 0 Å². The van der Waals surface area contributed by atoms with E-state index in [9.17, 15) is 0 Å². The maximum Gasteiger partial charge on any atom is 0.329 e. The minimum Gasteiger partial charge on any atom is -0.436 e. The minimum atomic E-state index is -2.34. The van der Waals surface area contributed by atoms with Crippen LogP contribution in [0.15, 0.2) is 0 Å². The third-order valence-corrected chi connectivity index (χ3v) is 15.9. The van der Waals surface area contributed by atoms with E-state index in [2.05, 4.69) is 19.6 Å². The van der Waals surface area contributed by atoms with Crippen LogP contribution in [0.1, 0.15) is 0 Å². The highest BCUT2D eigenvalue weighted by Crippen LogP contribution is 2.27. The largest absolute Gasteiger partial charge is 0.436 e. The Morgan fingerprint density at radius 3 is 1.62 bits per heavy atom. The summed E-state index contributed by atoms with van der Waals surface area (Å²) in [6, 6.07) is 0. The molecule has 98 valence electrons. The molecule has 2 nitrogen and oxygen atoms in total. The van der Waals surface area contributed by atoms with E-state index >= 15 is 0 Å². The van der Waals surface area contributed by atoms with Crippen LogP contribution < -0.4 is 0 Å². The first-order chi connectivity index (χ1) is 6.92. The zero-order valence-electron chi connectivity index (χ0n) is 10.7. The van der Waals surface area contributed by atoms with Gasteiger partial charge in [0.15, 0.2) is 8.32 Å². The molecule has 0 aromatic carbocycles. The van der Waals surface area contributed by atoms with Crippen LogP contribution in [0.3, 0.4) is 0 Å². The highest BCUT2D eigenvalue weighted by Gasteiger charge is 2.44. The van der Waals surface area contributed by atoms with Crippen LogP contribution in [0.25, 0.3) is 0 Å². The van der Waals surface area contributed by atoms with Gasteiger partial charge in [-0.2, -0.15) is 0 Å². The van der Waals surface area contributed by atoms with Crippen molar-refractivity contribution in [2.75, 3.05) is 5.50 Å². The van der Waals surface area contributed by atoms with Gasteiger partial charge in [0.25, 0.3) is 0 Å². The Labute approximate surface area is 117 Å². The second-order valence-corrected chi connectivity index (χ2v) is 20.3.